The fourth-order valence-electron chi connectivity index (χ4n) is 6.46. The van der Waals surface area contributed by atoms with E-state index in [1.807, 2.05) is 0 Å². The van der Waals surface area contributed by atoms with Gasteiger partial charge >= 0.3 is 17.2 Å². The van der Waals surface area contributed by atoms with E-state index in [0.29, 0.717) is 6.61 Å². The van der Waals surface area contributed by atoms with Gasteiger partial charge in [0, 0.05) is 6.61 Å². The van der Waals surface area contributed by atoms with E-state index in [-0.39, 0.29) is 30.7 Å². The molecule has 0 aromatic heterocycles. The predicted molar refractivity (Wildman–Crippen MR) is 206 cm³/mol. The maximum atomic E-state index is 9.79. The topological polar surface area (TPSA) is 129 Å². The Hall–Kier alpha value is -0.240. The highest BCUT2D eigenvalue weighted by molar-refractivity contribution is 7.39. The van der Waals surface area contributed by atoms with E-state index in [0.717, 1.165) is 19.3 Å². The monoisotopic (exact) mass is 732 g/mol. The summed E-state index contributed by atoms with van der Waals surface area (Å²) in [7, 11) is -5.19. The molecule has 0 unspecified atom stereocenters. The van der Waals surface area contributed by atoms with Crippen molar-refractivity contribution in [3.05, 3.63) is 34.4 Å². The van der Waals surface area contributed by atoms with Gasteiger partial charge in [0.05, 0.1) is 31.8 Å². The van der Waals surface area contributed by atoms with Crippen molar-refractivity contribution in [2.45, 2.75) is 175 Å². The number of unbranched alkanes of at least 4 members (excludes halogenated alkanes) is 15. The molecule has 0 spiro atoms. The molecule has 288 valence electrons. The fraction of sp³-hybridized carbons (Fsp3) is 0.846. The van der Waals surface area contributed by atoms with Crippen molar-refractivity contribution >= 4 is 17.2 Å². The van der Waals surface area contributed by atoms with Gasteiger partial charge in [-0.3, -0.25) is 0 Å². The van der Waals surface area contributed by atoms with E-state index >= 15 is 0 Å². The van der Waals surface area contributed by atoms with Crippen LogP contribution in [0.25, 0.3) is 0 Å². The molecule has 0 aliphatic heterocycles. The van der Waals surface area contributed by atoms with Gasteiger partial charge in [-0.15, -0.1) is 0 Å². The molecule has 0 bridgehead atoms. The summed E-state index contributed by atoms with van der Waals surface area (Å²) in [6.45, 7) is 16.2. The molecule has 8 nitrogen and oxygen atoms in total. The van der Waals surface area contributed by atoms with E-state index in [4.69, 9.17) is 33.4 Å². The van der Waals surface area contributed by atoms with Crippen LogP contribution in [0.2, 0.25) is 0 Å². The van der Waals surface area contributed by atoms with Crippen molar-refractivity contribution in [3.63, 3.8) is 0 Å². The second-order valence-electron chi connectivity index (χ2n) is 16.2. The van der Waals surface area contributed by atoms with E-state index < -0.39 is 29.2 Å². The van der Waals surface area contributed by atoms with Gasteiger partial charge in [0.2, 0.25) is 0 Å². The lowest BCUT2D eigenvalue weighted by Crippen LogP contribution is -2.40. The van der Waals surface area contributed by atoms with Gasteiger partial charge in [0.1, 0.15) is 0 Å². The summed E-state index contributed by atoms with van der Waals surface area (Å²) >= 11 is 0. The molecule has 1 rings (SSSR count). The minimum Gasteiger partial charge on any atom is -0.396 e. The number of hydrogen-bond acceptors (Lipinski definition) is 8. The van der Waals surface area contributed by atoms with Crippen molar-refractivity contribution in [1.29, 1.82) is 0 Å². The van der Waals surface area contributed by atoms with Crippen LogP contribution in [0.4, 0.5) is 0 Å². The number of aliphatic hydroxyl groups is 1. The summed E-state index contributed by atoms with van der Waals surface area (Å²) in [6, 6.07) is 4.97. The van der Waals surface area contributed by atoms with Crippen LogP contribution in [0, 0.1) is 5.41 Å². The number of hydrogen-bond donors (Lipinski definition) is 5. The Kier molecular flexibility index (Phi) is 24.5. The first-order valence-electron chi connectivity index (χ1n) is 19.1. The zero-order valence-corrected chi connectivity index (χ0v) is 34.1. The first-order chi connectivity index (χ1) is 23.1. The van der Waals surface area contributed by atoms with Gasteiger partial charge in [-0.2, -0.15) is 0 Å². The Morgan fingerprint density at radius 2 is 0.918 bits per heavy atom. The number of rotatable bonds is 29. The van der Waals surface area contributed by atoms with E-state index in [2.05, 4.69) is 60.6 Å². The van der Waals surface area contributed by atoms with Crippen molar-refractivity contribution in [1.82, 2.24) is 0 Å². The van der Waals surface area contributed by atoms with Crippen LogP contribution in [0.5, 0.6) is 0 Å². The van der Waals surface area contributed by atoms with Crippen LogP contribution >= 0.6 is 17.2 Å². The van der Waals surface area contributed by atoms with Crippen molar-refractivity contribution < 1.29 is 38.5 Å². The van der Waals surface area contributed by atoms with Crippen molar-refractivity contribution in [2.24, 2.45) is 5.41 Å². The van der Waals surface area contributed by atoms with E-state index in [9.17, 15) is 5.11 Å². The number of aliphatic hydroxyl groups excluding tert-OH is 1. The highest BCUT2D eigenvalue weighted by Gasteiger charge is 2.33. The normalized spacial score (nSPS) is 12.9. The van der Waals surface area contributed by atoms with Gasteiger partial charge in [-0.25, -0.2) is 0 Å². The van der Waals surface area contributed by atoms with Crippen LogP contribution in [0.3, 0.4) is 0 Å². The minimum absolute atomic E-state index is 0.0571. The second kappa shape index (κ2) is 25.7. The van der Waals surface area contributed by atoms with E-state index in [1.165, 1.54) is 102 Å². The van der Waals surface area contributed by atoms with Crippen molar-refractivity contribution in [3.8, 4) is 0 Å². The molecule has 0 saturated carbocycles. The molecule has 0 radical (unpaired) electrons. The minimum atomic E-state index is -2.59. The largest absolute Gasteiger partial charge is 0.396 e. The Balaban J connectivity index is 2.09. The van der Waals surface area contributed by atoms with Crippen molar-refractivity contribution in [2.75, 3.05) is 33.0 Å². The Labute approximate surface area is 302 Å². The predicted octanol–water partition coefficient (Wildman–Crippen LogP) is 10.1. The molecule has 0 aliphatic carbocycles. The summed E-state index contributed by atoms with van der Waals surface area (Å²) in [6.07, 6.45) is 22.7. The smallest absolute Gasteiger partial charge is 0.327 e. The SMILES string of the molecule is CCc1cc(C(C)(C)C)c(CCCCCCCCCCCCCCCCCCOCC(CO)(COP(O)O)COP(O)O)c(C(C)(C)C)c1. The molecule has 0 heterocycles. The lowest BCUT2D eigenvalue weighted by atomic mass is 9.74. The average Bonchev–Trinajstić information content (AvgIpc) is 3.03. The molecule has 0 aliphatic rings. The van der Waals surface area contributed by atoms with Crippen LogP contribution < -0.4 is 0 Å². The standard InChI is InChI=1S/C39H74O8P2/c1-8-33-27-35(37(2,3)4)34(36(28-33)38(5,6)7)25-23-21-19-17-15-13-11-9-10-12-14-16-18-20-22-24-26-45-30-39(29-40,31-46-48(41)42)32-47-49(43)44/h27-28,40-44H,8-26,29-32H2,1-7H3. The molecule has 0 saturated heterocycles. The van der Waals surface area contributed by atoms with Gasteiger partial charge < -0.3 is 38.5 Å². The quantitative estimate of drug-likeness (QED) is 0.0407. The third-order valence-corrected chi connectivity index (χ3v) is 10.2. The molecule has 49 heavy (non-hydrogen) atoms. The van der Waals surface area contributed by atoms with Gasteiger partial charge in [-0.05, 0) is 58.8 Å². The maximum Gasteiger partial charge on any atom is 0.327 e. The third-order valence-electron chi connectivity index (χ3n) is 9.52. The van der Waals surface area contributed by atoms with Gasteiger partial charge in [0.25, 0.3) is 0 Å². The number of ether oxygens (including phenoxy) is 1. The molecule has 0 atom stereocenters. The lowest BCUT2D eigenvalue weighted by Gasteiger charge is -2.31. The molecule has 10 heteroatoms. The molecule has 5 N–H and O–H groups in total. The zero-order valence-electron chi connectivity index (χ0n) is 32.3. The molecule has 0 amide bonds. The van der Waals surface area contributed by atoms with Crippen LogP contribution in [0.15, 0.2) is 12.1 Å². The lowest BCUT2D eigenvalue weighted by molar-refractivity contribution is -0.0500. The summed E-state index contributed by atoms with van der Waals surface area (Å²) in [5.41, 5.74) is 5.47. The molecular weight excluding hydrogens is 658 g/mol. The highest BCUT2D eigenvalue weighted by atomic mass is 31.2. The first-order valence-corrected chi connectivity index (χ1v) is 21.4. The molecule has 1 aromatic carbocycles. The Morgan fingerprint density at radius 3 is 1.24 bits per heavy atom. The summed E-state index contributed by atoms with van der Waals surface area (Å²) < 4.78 is 15.4. The highest BCUT2D eigenvalue weighted by Crippen LogP contribution is 2.37. The van der Waals surface area contributed by atoms with Crippen LogP contribution in [-0.4, -0.2) is 57.7 Å². The van der Waals surface area contributed by atoms with E-state index in [1.54, 1.807) is 16.7 Å². The van der Waals surface area contributed by atoms with Crippen LogP contribution in [0.1, 0.15) is 173 Å². The Morgan fingerprint density at radius 1 is 0.551 bits per heavy atom. The fourth-order valence-corrected chi connectivity index (χ4v) is 7.24. The zero-order chi connectivity index (χ0) is 36.8. The Bertz CT molecular complexity index is 928. The second-order valence-corrected chi connectivity index (χ2v) is 17.7. The maximum absolute atomic E-state index is 9.79. The summed E-state index contributed by atoms with van der Waals surface area (Å²) in [5, 5.41) is 9.79. The molecule has 0 fully saturated rings. The molecule has 1 aromatic rings. The van der Waals surface area contributed by atoms with Crippen LogP contribution in [-0.2, 0) is 37.5 Å². The number of benzene rings is 1. The van der Waals surface area contributed by atoms with Gasteiger partial charge in [-0.1, -0.05) is 150 Å². The first kappa shape index (κ1) is 46.8. The third kappa shape index (κ3) is 21.2. The molecular formula is C39H74O8P2. The summed E-state index contributed by atoms with van der Waals surface area (Å²) in [5.74, 6) is 0. The number of aryl methyl sites for hydroxylation is 1. The summed E-state index contributed by atoms with van der Waals surface area (Å²) in [4.78, 5) is 36.2. The van der Waals surface area contributed by atoms with Gasteiger partial charge in [0.15, 0.2) is 0 Å². The average molecular weight is 733 g/mol.